The second-order valence-electron chi connectivity index (χ2n) is 6.70. The topological polar surface area (TPSA) is 66.4 Å². The summed E-state index contributed by atoms with van der Waals surface area (Å²) < 4.78 is 0. The van der Waals surface area contributed by atoms with Gasteiger partial charge in [0.05, 0.1) is 6.20 Å². The molecule has 124 valence electrons. The van der Waals surface area contributed by atoms with Gasteiger partial charge in [-0.05, 0) is 26.2 Å². The van der Waals surface area contributed by atoms with Crippen molar-refractivity contribution < 1.29 is 9.59 Å². The van der Waals surface area contributed by atoms with Gasteiger partial charge in [0.1, 0.15) is 5.69 Å². The molecule has 0 radical (unpaired) electrons. The van der Waals surface area contributed by atoms with Crippen LogP contribution in [0.5, 0.6) is 0 Å². The van der Waals surface area contributed by atoms with E-state index < -0.39 is 0 Å². The lowest BCUT2D eigenvalue weighted by Crippen LogP contribution is -2.56. The number of fused-ring (bicyclic) bond motifs is 1. The van der Waals surface area contributed by atoms with Crippen molar-refractivity contribution in [3.8, 4) is 0 Å². The summed E-state index contributed by atoms with van der Waals surface area (Å²) in [6.45, 7) is 3.48. The number of carbonyl (C=O) groups excluding carboxylic acids is 2. The molecule has 2 amide bonds. The van der Waals surface area contributed by atoms with Crippen LogP contribution in [0.2, 0.25) is 0 Å². The molecule has 1 aliphatic carbocycles. The average Bonchev–Trinajstić information content (AvgIpc) is 2.98. The number of carbonyl (C=O) groups is 2. The highest BCUT2D eigenvalue weighted by Gasteiger charge is 2.50. The van der Waals surface area contributed by atoms with E-state index in [4.69, 9.17) is 0 Å². The summed E-state index contributed by atoms with van der Waals surface area (Å²) in [6.07, 6.45) is 9.34. The van der Waals surface area contributed by atoms with Crippen LogP contribution in [-0.4, -0.2) is 57.8 Å². The van der Waals surface area contributed by atoms with Gasteiger partial charge in [-0.2, -0.15) is 0 Å². The van der Waals surface area contributed by atoms with Crippen molar-refractivity contribution in [2.24, 2.45) is 5.41 Å². The summed E-state index contributed by atoms with van der Waals surface area (Å²) in [5.41, 5.74) is 0.413. The molecule has 3 rings (SSSR count). The Balaban J connectivity index is 1.78. The number of amides is 2. The van der Waals surface area contributed by atoms with Gasteiger partial charge in [0.2, 0.25) is 5.91 Å². The van der Waals surface area contributed by atoms with Crippen LogP contribution < -0.4 is 0 Å². The molecular formula is C17H24N4O2. The Morgan fingerprint density at radius 2 is 2.26 bits per heavy atom. The lowest BCUT2D eigenvalue weighted by Gasteiger charge is -2.47. The normalized spacial score (nSPS) is 27.0. The fourth-order valence-corrected chi connectivity index (χ4v) is 4.38. The molecule has 0 spiro atoms. The van der Waals surface area contributed by atoms with E-state index in [2.05, 4.69) is 9.97 Å². The maximum absolute atomic E-state index is 12.6. The highest BCUT2D eigenvalue weighted by atomic mass is 16.2. The molecule has 0 N–H and O–H groups in total. The van der Waals surface area contributed by atoms with Gasteiger partial charge in [0.15, 0.2) is 0 Å². The molecule has 1 aromatic heterocycles. The number of hydrogen-bond acceptors (Lipinski definition) is 4. The number of likely N-dealkylation sites (tertiary alicyclic amines) is 1. The quantitative estimate of drug-likeness (QED) is 0.848. The van der Waals surface area contributed by atoms with Crippen LogP contribution in [0.4, 0.5) is 0 Å². The van der Waals surface area contributed by atoms with Gasteiger partial charge < -0.3 is 9.80 Å². The lowest BCUT2D eigenvalue weighted by atomic mass is 9.74. The molecule has 2 aliphatic rings. The van der Waals surface area contributed by atoms with Gasteiger partial charge >= 0.3 is 0 Å². The summed E-state index contributed by atoms with van der Waals surface area (Å²) in [5, 5.41) is 0. The van der Waals surface area contributed by atoms with E-state index in [0.29, 0.717) is 18.7 Å². The number of rotatable bonds is 4. The van der Waals surface area contributed by atoms with Gasteiger partial charge in [-0.25, -0.2) is 4.98 Å². The van der Waals surface area contributed by atoms with E-state index in [0.717, 1.165) is 32.2 Å². The van der Waals surface area contributed by atoms with Gasteiger partial charge in [-0.1, -0.05) is 6.42 Å². The first kappa shape index (κ1) is 15.9. The van der Waals surface area contributed by atoms with Crippen molar-refractivity contribution >= 4 is 11.8 Å². The lowest BCUT2D eigenvalue weighted by molar-refractivity contribution is -0.141. The SMILES string of the molecule is CCN1C(=O)CCC2(CN(C)C(=O)c3cnccn3)CCCC12. The molecule has 2 atom stereocenters. The first-order valence-electron chi connectivity index (χ1n) is 8.38. The van der Waals surface area contributed by atoms with E-state index in [1.54, 1.807) is 11.1 Å². The highest BCUT2D eigenvalue weighted by Crippen LogP contribution is 2.48. The van der Waals surface area contributed by atoms with Crippen LogP contribution >= 0.6 is 0 Å². The minimum absolute atomic E-state index is 0.0382. The Morgan fingerprint density at radius 3 is 2.96 bits per heavy atom. The Bertz CT molecular complexity index is 592. The summed E-state index contributed by atoms with van der Waals surface area (Å²) >= 11 is 0. The van der Waals surface area contributed by atoms with Crippen molar-refractivity contribution in [3.63, 3.8) is 0 Å². The monoisotopic (exact) mass is 316 g/mol. The fourth-order valence-electron chi connectivity index (χ4n) is 4.38. The van der Waals surface area contributed by atoms with Gasteiger partial charge in [0.25, 0.3) is 5.91 Å². The number of hydrogen-bond donors (Lipinski definition) is 0. The summed E-state index contributed by atoms with van der Waals surface area (Å²) in [4.78, 5) is 36.6. The van der Waals surface area contributed by atoms with Crippen LogP contribution in [0, 0.1) is 5.41 Å². The van der Waals surface area contributed by atoms with Crippen molar-refractivity contribution in [2.75, 3.05) is 20.1 Å². The minimum Gasteiger partial charge on any atom is -0.340 e. The van der Waals surface area contributed by atoms with E-state index in [9.17, 15) is 9.59 Å². The zero-order valence-electron chi connectivity index (χ0n) is 13.9. The van der Waals surface area contributed by atoms with Crippen molar-refractivity contribution in [1.82, 2.24) is 19.8 Å². The van der Waals surface area contributed by atoms with Crippen LogP contribution in [0.3, 0.4) is 0 Å². The third-order valence-electron chi connectivity index (χ3n) is 5.41. The minimum atomic E-state index is -0.0990. The van der Waals surface area contributed by atoms with E-state index in [-0.39, 0.29) is 23.3 Å². The molecule has 2 unspecified atom stereocenters. The van der Waals surface area contributed by atoms with Crippen molar-refractivity contribution in [1.29, 1.82) is 0 Å². The van der Waals surface area contributed by atoms with E-state index in [1.165, 1.54) is 12.4 Å². The number of nitrogens with zero attached hydrogens (tertiary/aromatic N) is 4. The zero-order chi connectivity index (χ0) is 16.4. The summed E-state index contributed by atoms with van der Waals surface area (Å²) in [6, 6.07) is 0.269. The molecule has 2 heterocycles. The molecule has 1 saturated heterocycles. The third-order valence-corrected chi connectivity index (χ3v) is 5.41. The second kappa shape index (κ2) is 6.26. The van der Waals surface area contributed by atoms with Crippen LogP contribution in [0.25, 0.3) is 0 Å². The first-order valence-corrected chi connectivity index (χ1v) is 8.38. The summed E-state index contributed by atoms with van der Waals surface area (Å²) in [7, 11) is 1.83. The molecule has 23 heavy (non-hydrogen) atoms. The molecule has 1 saturated carbocycles. The highest BCUT2D eigenvalue weighted by molar-refractivity contribution is 5.91. The molecule has 6 heteroatoms. The van der Waals surface area contributed by atoms with Crippen LogP contribution in [-0.2, 0) is 4.79 Å². The van der Waals surface area contributed by atoms with Crippen LogP contribution in [0.1, 0.15) is 49.5 Å². The van der Waals surface area contributed by atoms with E-state index in [1.807, 2.05) is 18.9 Å². The molecule has 1 aliphatic heterocycles. The van der Waals surface area contributed by atoms with Crippen molar-refractivity contribution in [2.45, 2.75) is 45.1 Å². The maximum atomic E-state index is 12.6. The second-order valence-corrected chi connectivity index (χ2v) is 6.70. The Labute approximate surface area is 136 Å². The van der Waals surface area contributed by atoms with Gasteiger partial charge in [-0.15, -0.1) is 0 Å². The summed E-state index contributed by atoms with van der Waals surface area (Å²) in [5.74, 6) is 0.163. The average molecular weight is 316 g/mol. The Hall–Kier alpha value is -1.98. The zero-order valence-corrected chi connectivity index (χ0v) is 13.9. The molecule has 1 aromatic rings. The van der Waals surface area contributed by atoms with Gasteiger partial charge in [0, 0.05) is 50.4 Å². The smallest absolute Gasteiger partial charge is 0.273 e. The largest absolute Gasteiger partial charge is 0.340 e. The van der Waals surface area contributed by atoms with Crippen LogP contribution in [0.15, 0.2) is 18.6 Å². The molecule has 0 bridgehead atoms. The number of aromatic nitrogens is 2. The standard InChI is InChI=1S/C17H24N4O2/c1-3-21-14-5-4-7-17(14,8-6-15(21)22)12-20(2)16(23)13-11-18-9-10-19-13/h9-11,14H,3-8,12H2,1-2H3. The third kappa shape index (κ3) is 2.82. The predicted octanol–water partition coefficient (Wildman–Crippen LogP) is 1.73. The predicted molar refractivity (Wildman–Crippen MR) is 85.7 cm³/mol. The van der Waals surface area contributed by atoms with Gasteiger partial charge in [-0.3, -0.25) is 14.6 Å². The Kier molecular flexibility index (Phi) is 4.33. The number of piperidine rings is 1. The first-order chi connectivity index (χ1) is 11.1. The molecule has 2 fully saturated rings. The van der Waals surface area contributed by atoms with Crippen molar-refractivity contribution in [3.05, 3.63) is 24.3 Å². The maximum Gasteiger partial charge on any atom is 0.273 e. The Morgan fingerprint density at radius 1 is 1.43 bits per heavy atom. The molecule has 0 aromatic carbocycles. The molecule has 6 nitrogen and oxygen atoms in total. The van der Waals surface area contributed by atoms with E-state index >= 15 is 0 Å². The molecular weight excluding hydrogens is 292 g/mol. The fraction of sp³-hybridized carbons (Fsp3) is 0.647.